The van der Waals surface area contributed by atoms with Crippen LogP contribution in [-0.2, 0) is 6.18 Å². The maximum absolute atomic E-state index is 13.2. The molecule has 0 spiro atoms. The van der Waals surface area contributed by atoms with Gasteiger partial charge in [-0.25, -0.2) is 4.72 Å². The van der Waals surface area contributed by atoms with Gasteiger partial charge in [0, 0.05) is 5.56 Å². The molecule has 0 amide bonds. The minimum atomic E-state index is -4.47. The second-order valence-electron chi connectivity index (χ2n) is 4.71. The predicted molar refractivity (Wildman–Crippen MR) is 79.3 cm³/mol. The highest BCUT2D eigenvalue weighted by Gasteiger charge is 2.35. The van der Waals surface area contributed by atoms with Gasteiger partial charge >= 0.3 is 6.18 Å². The maximum Gasteiger partial charge on any atom is 0.419 e. The van der Waals surface area contributed by atoms with Crippen molar-refractivity contribution < 1.29 is 17.9 Å². The predicted octanol–water partition coefficient (Wildman–Crippen LogP) is 4.42. The summed E-state index contributed by atoms with van der Waals surface area (Å²) in [5.74, 6) is -0.158. The minimum Gasteiger partial charge on any atom is -0.493 e. The highest BCUT2D eigenvalue weighted by molar-refractivity contribution is 8.03. The van der Waals surface area contributed by atoms with Crippen molar-refractivity contribution in [1.29, 1.82) is 0 Å². The van der Waals surface area contributed by atoms with E-state index in [1.165, 1.54) is 18.0 Å². The Morgan fingerprint density at radius 2 is 2.05 bits per heavy atom. The van der Waals surface area contributed by atoms with Crippen molar-refractivity contribution in [2.75, 3.05) is 6.61 Å². The Labute approximate surface area is 130 Å². The Balaban J connectivity index is 2.02. The molecule has 0 unspecified atom stereocenters. The molecule has 1 aromatic carbocycles. The third kappa shape index (κ3) is 3.20. The number of aromatic nitrogens is 1. The fourth-order valence-corrected chi connectivity index (χ4v) is 2.55. The van der Waals surface area contributed by atoms with Gasteiger partial charge in [-0.3, -0.25) is 4.98 Å². The molecule has 0 bridgehead atoms. The van der Waals surface area contributed by atoms with Crippen LogP contribution in [-0.4, -0.2) is 11.6 Å². The third-order valence-corrected chi connectivity index (χ3v) is 3.87. The van der Waals surface area contributed by atoms with E-state index in [2.05, 4.69) is 9.71 Å². The van der Waals surface area contributed by atoms with Crippen LogP contribution >= 0.6 is 11.9 Å². The smallest absolute Gasteiger partial charge is 0.419 e. The van der Waals surface area contributed by atoms with Crippen LogP contribution < -0.4 is 9.46 Å². The molecule has 2 heterocycles. The average Bonchev–Trinajstić information content (AvgIpc) is 3.32. The molecule has 1 fully saturated rings. The molecule has 1 aliphatic heterocycles. The zero-order valence-corrected chi connectivity index (χ0v) is 12.5. The number of rotatable bonds is 4. The molecule has 1 aliphatic rings. The first kappa shape index (κ1) is 15.2. The van der Waals surface area contributed by atoms with E-state index < -0.39 is 11.7 Å². The molecule has 2 aromatic rings. The topological polar surface area (TPSA) is 44.1 Å². The number of pyridine rings is 1. The van der Waals surface area contributed by atoms with Crippen molar-refractivity contribution >= 4 is 11.9 Å². The van der Waals surface area contributed by atoms with E-state index >= 15 is 0 Å². The molecule has 116 valence electrons. The van der Waals surface area contributed by atoms with Gasteiger partial charge in [-0.05, 0) is 37.3 Å². The Hall–Kier alpha value is -1.73. The SMILES string of the molecule is CCOc1ccc(-c2cccc([C@H]3NS3)n2)cc1C(F)(F)F. The first-order valence-corrected chi connectivity index (χ1v) is 7.59. The Morgan fingerprint density at radius 1 is 1.27 bits per heavy atom. The molecule has 0 aliphatic carbocycles. The molecule has 22 heavy (non-hydrogen) atoms. The Kier molecular flexibility index (Phi) is 4.01. The lowest BCUT2D eigenvalue weighted by atomic mass is 10.1. The lowest BCUT2D eigenvalue weighted by Crippen LogP contribution is -2.09. The van der Waals surface area contributed by atoms with Crippen LogP contribution in [0.4, 0.5) is 13.2 Å². The van der Waals surface area contributed by atoms with Gasteiger partial charge in [0.1, 0.15) is 11.1 Å². The van der Waals surface area contributed by atoms with Gasteiger partial charge in [0.15, 0.2) is 0 Å². The highest BCUT2D eigenvalue weighted by Crippen LogP contribution is 2.40. The van der Waals surface area contributed by atoms with Crippen LogP contribution in [0.3, 0.4) is 0 Å². The molecule has 1 saturated heterocycles. The Bertz CT molecular complexity index is 687. The number of alkyl halides is 3. The number of nitrogens with zero attached hydrogens (tertiary/aromatic N) is 1. The molecule has 7 heteroatoms. The number of ether oxygens (including phenoxy) is 1. The van der Waals surface area contributed by atoms with Crippen molar-refractivity contribution in [2.45, 2.75) is 18.5 Å². The second-order valence-corrected chi connectivity index (χ2v) is 5.65. The molecule has 3 rings (SSSR count). The quantitative estimate of drug-likeness (QED) is 0.667. The van der Waals surface area contributed by atoms with E-state index in [4.69, 9.17) is 4.74 Å². The van der Waals surface area contributed by atoms with E-state index in [-0.39, 0.29) is 17.7 Å². The van der Waals surface area contributed by atoms with E-state index in [9.17, 15) is 13.2 Å². The summed E-state index contributed by atoms with van der Waals surface area (Å²) in [4.78, 5) is 4.41. The van der Waals surface area contributed by atoms with Gasteiger partial charge in [0.25, 0.3) is 0 Å². The van der Waals surface area contributed by atoms with E-state index in [0.29, 0.717) is 11.3 Å². The lowest BCUT2D eigenvalue weighted by molar-refractivity contribution is -0.138. The zero-order chi connectivity index (χ0) is 15.7. The van der Waals surface area contributed by atoms with E-state index in [1.54, 1.807) is 25.1 Å². The summed E-state index contributed by atoms with van der Waals surface area (Å²) in [5, 5.41) is 0.129. The van der Waals surface area contributed by atoms with Crippen LogP contribution in [0.2, 0.25) is 0 Å². The number of benzene rings is 1. The average molecular weight is 326 g/mol. The summed E-state index contributed by atoms with van der Waals surface area (Å²) in [6.45, 7) is 1.83. The highest BCUT2D eigenvalue weighted by atomic mass is 32.2. The van der Waals surface area contributed by atoms with Crippen molar-refractivity contribution in [3.05, 3.63) is 47.7 Å². The summed E-state index contributed by atoms with van der Waals surface area (Å²) >= 11 is 1.53. The van der Waals surface area contributed by atoms with Crippen LogP contribution in [0.5, 0.6) is 5.75 Å². The molecular weight excluding hydrogens is 313 g/mol. The molecule has 0 saturated carbocycles. The van der Waals surface area contributed by atoms with Gasteiger partial charge < -0.3 is 4.74 Å². The molecular formula is C15H13F3N2OS. The summed E-state index contributed by atoms with van der Waals surface area (Å²) in [5.41, 5.74) is 0.964. The summed E-state index contributed by atoms with van der Waals surface area (Å²) in [7, 11) is 0. The van der Waals surface area contributed by atoms with Crippen molar-refractivity contribution in [2.24, 2.45) is 0 Å². The number of halogens is 3. The summed E-state index contributed by atoms with van der Waals surface area (Å²) in [6, 6.07) is 9.37. The van der Waals surface area contributed by atoms with Gasteiger partial charge in [0.2, 0.25) is 0 Å². The molecule has 1 N–H and O–H groups in total. The second kappa shape index (κ2) is 5.81. The number of hydrogen-bond donors (Lipinski definition) is 1. The first-order chi connectivity index (χ1) is 10.5. The maximum atomic E-state index is 13.2. The Morgan fingerprint density at radius 3 is 2.68 bits per heavy atom. The van der Waals surface area contributed by atoms with E-state index in [0.717, 1.165) is 11.8 Å². The van der Waals surface area contributed by atoms with Gasteiger partial charge in [0.05, 0.1) is 23.6 Å². The fourth-order valence-electron chi connectivity index (χ4n) is 2.11. The van der Waals surface area contributed by atoms with Crippen LogP contribution in [0.1, 0.15) is 23.6 Å². The van der Waals surface area contributed by atoms with Crippen LogP contribution in [0, 0.1) is 0 Å². The lowest BCUT2D eigenvalue weighted by Gasteiger charge is -2.14. The normalized spacial score (nSPS) is 17.4. The number of hydrogen-bond acceptors (Lipinski definition) is 4. The number of nitrogens with one attached hydrogen (secondary N) is 1. The first-order valence-electron chi connectivity index (χ1n) is 6.71. The molecule has 3 nitrogen and oxygen atoms in total. The van der Waals surface area contributed by atoms with Crippen molar-refractivity contribution in [3.63, 3.8) is 0 Å². The molecule has 0 radical (unpaired) electrons. The van der Waals surface area contributed by atoms with Crippen LogP contribution in [0.25, 0.3) is 11.3 Å². The molecule has 1 atom stereocenters. The minimum absolute atomic E-state index is 0.129. The summed E-state index contributed by atoms with van der Waals surface area (Å²) in [6.07, 6.45) is -4.47. The van der Waals surface area contributed by atoms with E-state index in [1.807, 2.05) is 6.07 Å². The van der Waals surface area contributed by atoms with Crippen LogP contribution in [0.15, 0.2) is 36.4 Å². The summed E-state index contributed by atoms with van der Waals surface area (Å²) < 4.78 is 47.6. The molecule has 1 aromatic heterocycles. The van der Waals surface area contributed by atoms with Gasteiger partial charge in [-0.2, -0.15) is 13.2 Å². The largest absolute Gasteiger partial charge is 0.493 e. The monoisotopic (exact) mass is 326 g/mol. The van der Waals surface area contributed by atoms with Gasteiger partial charge in [-0.15, -0.1) is 0 Å². The third-order valence-electron chi connectivity index (χ3n) is 3.16. The van der Waals surface area contributed by atoms with Gasteiger partial charge in [-0.1, -0.05) is 18.0 Å². The zero-order valence-electron chi connectivity index (χ0n) is 11.6. The van der Waals surface area contributed by atoms with Crippen molar-refractivity contribution in [1.82, 2.24) is 9.71 Å². The van der Waals surface area contributed by atoms with Crippen molar-refractivity contribution in [3.8, 4) is 17.0 Å². The fraction of sp³-hybridized carbons (Fsp3) is 0.267. The standard InChI is InChI=1S/C15H13F3N2OS/c1-2-21-13-7-6-9(8-10(13)15(16,17)18)11-4-3-5-12(19-11)14-20-22-14/h3-8,14,20H,2H2,1H3/t14-/m0/s1.